The average molecular weight is 295 g/mol. The van der Waals surface area contributed by atoms with Crippen molar-refractivity contribution >= 4 is 5.95 Å². The van der Waals surface area contributed by atoms with E-state index in [9.17, 15) is 8.78 Å². The molecule has 6 heteroatoms. The largest absolute Gasteiger partial charge is 0.385 e. The number of anilines is 1. The molecule has 0 amide bonds. The van der Waals surface area contributed by atoms with Crippen LogP contribution in [0.2, 0.25) is 0 Å². The fourth-order valence-corrected chi connectivity index (χ4v) is 2.07. The summed E-state index contributed by atoms with van der Waals surface area (Å²) < 4.78 is 33.7. The lowest BCUT2D eigenvalue weighted by atomic mass is 10.2. The van der Waals surface area contributed by atoms with Crippen LogP contribution in [0.25, 0.3) is 0 Å². The number of methoxy groups -OCH3 is 1. The van der Waals surface area contributed by atoms with Crippen molar-refractivity contribution < 1.29 is 13.5 Å². The summed E-state index contributed by atoms with van der Waals surface area (Å²) in [5, 5.41) is 3.18. The third kappa shape index (κ3) is 4.26. The fourth-order valence-electron chi connectivity index (χ4n) is 2.07. The van der Waals surface area contributed by atoms with Crippen LogP contribution in [0.3, 0.4) is 0 Å². The van der Waals surface area contributed by atoms with Gasteiger partial charge in [0.1, 0.15) is 11.6 Å². The lowest BCUT2D eigenvalue weighted by Crippen LogP contribution is -2.11. The van der Waals surface area contributed by atoms with Crippen molar-refractivity contribution in [3.05, 3.63) is 47.3 Å². The van der Waals surface area contributed by atoms with Gasteiger partial charge in [-0.3, -0.25) is 0 Å². The van der Waals surface area contributed by atoms with E-state index in [2.05, 4.69) is 10.3 Å². The molecular weight excluding hydrogens is 276 g/mol. The van der Waals surface area contributed by atoms with Gasteiger partial charge in [-0.1, -0.05) is 0 Å². The first-order valence-corrected chi connectivity index (χ1v) is 6.80. The van der Waals surface area contributed by atoms with Crippen LogP contribution in [0.4, 0.5) is 14.7 Å². The Labute approximate surface area is 122 Å². The third-order valence-electron chi connectivity index (χ3n) is 3.05. The number of nitrogens with one attached hydrogen (secondary N) is 1. The van der Waals surface area contributed by atoms with Crippen molar-refractivity contribution in [1.82, 2.24) is 9.55 Å². The molecule has 0 radical (unpaired) electrons. The molecule has 0 bridgehead atoms. The van der Waals surface area contributed by atoms with Crippen molar-refractivity contribution in [2.75, 3.05) is 25.6 Å². The Bertz CT molecular complexity index is 599. The predicted octanol–water partition coefficient (Wildman–Crippen LogP) is 2.97. The second kappa shape index (κ2) is 7.17. The molecule has 4 nitrogen and oxygen atoms in total. The van der Waals surface area contributed by atoms with Crippen LogP contribution in [0.15, 0.2) is 24.4 Å². The molecule has 0 unspecified atom stereocenters. The molecule has 0 aliphatic carbocycles. The smallest absolute Gasteiger partial charge is 0.203 e. The number of nitrogens with zero attached hydrogens (tertiary/aromatic N) is 2. The monoisotopic (exact) mass is 295 g/mol. The zero-order valence-corrected chi connectivity index (χ0v) is 12.2. The molecule has 0 aliphatic rings. The van der Waals surface area contributed by atoms with Crippen LogP contribution >= 0.6 is 0 Å². The number of benzene rings is 1. The van der Waals surface area contributed by atoms with Gasteiger partial charge >= 0.3 is 0 Å². The maximum Gasteiger partial charge on any atom is 0.203 e. The number of aryl methyl sites for hydroxylation is 1. The van der Waals surface area contributed by atoms with Crippen molar-refractivity contribution in [2.45, 2.75) is 19.9 Å². The number of rotatable bonds is 7. The van der Waals surface area contributed by atoms with Crippen molar-refractivity contribution in [3.8, 4) is 0 Å². The van der Waals surface area contributed by atoms with Crippen LogP contribution in [-0.2, 0) is 11.3 Å². The zero-order valence-electron chi connectivity index (χ0n) is 12.2. The minimum atomic E-state index is -0.446. The van der Waals surface area contributed by atoms with Gasteiger partial charge in [0, 0.05) is 32.0 Å². The van der Waals surface area contributed by atoms with Crippen LogP contribution in [0.5, 0.6) is 0 Å². The van der Waals surface area contributed by atoms with Crippen molar-refractivity contribution in [2.24, 2.45) is 0 Å². The molecule has 0 fully saturated rings. The topological polar surface area (TPSA) is 39.1 Å². The number of hydrogen-bond acceptors (Lipinski definition) is 3. The van der Waals surface area contributed by atoms with Gasteiger partial charge in [0.05, 0.1) is 12.2 Å². The molecule has 0 spiro atoms. The molecule has 2 rings (SSSR count). The van der Waals surface area contributed by atoms with Gasteiger partial charge in [0.2, 0.25) is 5.95 Å². The highest BCUT2D eigenvalue weighted by Crippen LogP contribution is 2.15. The molecule has 1 N–H and O–H groups in total. The Morgan fingerprint density at radius 2 is 2.14 bits per heavy atom. The molecule has 0 atom stereocenters. The van der Waals surface area contributed by atoms with Crippen LogP contribution in [0, 0.1) is 18.6 Å². The summed E-state index contributed by atoms with van der Waals surface area (Å²) in [5.74, 6) is -0.224. The first-order valence-electron chi connectivity index (χ1n) is 6.80. The summed E-state index contributed by atoms with van der Waals surface area (Å²) in [7, 11) is 1.65. The summed E-state index contributed by atoms with van der Waals surface area (Å²) in [5.41, 5.74) is 1.12. The normalized spacial score (nSPS) is 10.9. The minimum Gasteiger partial charge on any atom is -0.385 e. The van der Waals surface area contributed by atoms with Gasteiger partial charge in [-0.25, -0.2) is 13.8 Å². The Kier molecular flexibility index (Phi) is 5.27. The van der Waals surface area contributed by atoms with E-state index in [-0.39, 0.29) is 6.54 Å². The maximum atomic E-state index is 13.7. The molecule has 0 saturated heterocycles. The molecule has 114 valence electrons. The fraction of sp³-hybridized carbons (Fsp3) is 0.400. The molecule has 1 aromatic heterocycles. The van der Waals surface area contributed by atoms with Gasteiger partial charge in [-0.15, -0.1) is 0 Å². The highest BCUT2D eigenvalue weighted by Gasteiger charge is 2.09. The Morgan fingerprint density at radius 1 is 1.33 bits per heavy atom. The summed E-state index contributed by atoms with van der Waals surface area (Å²) in [6.07, 6.45) is 2.65. The van der Waals surface area contributed by atoms with E-state index in [1.165, 1.54) is 6.07 Å². The summed E-state index contributed by atoms with van der Waals surface area (Å²) in [4.78, 5) is 4.35. The first-order chi connectivity index (χ1) is 10.1. The Morgan fingerprint density at radius 3 is 2.90 bits per heavy atom. The SMILES string of the molecule is COCCCNc1nc(C)cn1Cc1cc(F)ccc1F. The van der Waals surface area contributed by atoms with E-state index in [4.69, 9.17) is 4.74 Å². The third-order valence-corrected chi connectivity index (χ3v) is 3.05. The number of halogens is 2. The standard InChI is InChI=1S/C15H19F2N3O/c1-11-9-20(15(19-11)18-6-3-7-21-2)10-12-8-13(16)4-5-14(12)17/h4-5,8-9H,3,6-7,10H2,1-2H3,(H,18,19). The van der Waals surface area contributed by atoms with E-state index in [1.807, 2.05) is 13.1 Å². The van der Waals surface area contributed by atoms with E-state index >= 15 is 0 Å². The number of imidazole rings is 1. The lowest BCUT2D eigenvalue weighted by molar-refractivity contribution is 0.197. The molecule has 0 saturated carbocycles. The molecular formula is C15H19F2N3O. The Hall–Kier alpha value is -1.95. The second-order valence-electron chi connectivity index (χ2n) is 4.84. The van der Waals surface area contributed by atoms with Gasteiger partial charge < -0.3 is 14.6 Å². The van der Waals surface area contributed by atoms with Crippen molar-refractivity contribution in [1.29, 1.82) is 0 Å². The zero-order chi connectivity index (χ0) is 15.2. The predicted molar refractivity (Wildman–Crippen MR) is 77.4 cm³/mol. The number of hydrogen-bond donors (Lipinski definition) is 1. The van der Waals surface area contributed by atoms with Gasteiger partial charge in [0.15, 0.2) is 0 Å². The van der Waals surface area contributed by atoms with E-state index < -0.39 is 11.6 Å². The van der Waals surface area contributed by atoms with E-state index in [1.54, 1.807) is 11.7 Å². The average Bonchev–Trinajstić information content (AvgIpc) is 2.79. The number of aromatic nitrogens is 2. The van der Waals surface area contributed by atoms with E-state index in [0.717, 1.165) is 24.2 Å². The molecule has 1 aromatic carbocycles. The van der Waals surface area contributed by atoms with Crippen LogP contribution in [0.1, 0.15) is 17.7 Å². The first kappa shape index (κ1) is 15.4. The van der Waals surface area contributed by atoms with Crippen molar-refractivity contribution in [3.63, 3.8) is 0 Å². The number of ether oxygens (including phenoxy) is 1. The van der Waals surface area contributed by atoms with Gasteiger partial charge in [-0.05, 0) is 31.5 Å². The van der Waals surface area contributed by atoms with E-state index in [0.29, 0.717) is 24.7 Å². The Balaban J connectivity index is 2.10. The molecule has 1 heterocycles. The highest BCUT2D eigenvalue weighted by atomic mass is 19.1. The second-order valence-corrected chi connectivity index (χ2v) is 4.84. The van der Waals surface area contributed by atoms with Crippen LogP contribution < -0.4 is 5.32 Å². The summed E-state index contributed by atoms with van der Waals surface area (Å²) in [6.45, 7) is 3.46. The van der Waals surface area contributed by atoms with Gasteiger partial charge in [0.25, 0.3) is 0 Å². The quantitative estimate of drug-likeness (QED) is 0.798. The maximum absolute atomic E-state index is 13.7. The van der Waals surface area contributed by atoms with Crippen LogP contribution in [-0.4, -0.2) is 29.8 Å². The molecule has 21 heavy (non-hydrogen) atoms. The summed E-state index contributed by atoms with van der Waals surface area (Å²) in [6, 6.07) is 3.46. The minimum absolute atomic E-state index is 0.233. The lowest BCUT2D eigenvalue weighted by Gasteiger charge is -2.10. The summed E-state index contributed by atoms with van der Waals surface area (Å²) >= 11 is 0. The highest BCUT2D eigenvalue weighted by molar-refractivity contribution is 5.31. The van der Waals surface area contributed by atoms with Gasteiger partial charge in [-0.2, -0.15) is 0 Å². The molecule has 2 aromatic rings. The molecule has 0 aliphatic heterocycles.